The average Bonchev–Trinajstić information content (AvgIpc) is 2.95. The number of rotatable bonds is 3. The summed E-state index contributed by atoms with van der Waals surface area (Å²) in [5.41, 5.74) is 2.37. The third-order valence-corrected chi connectivity index (χ3v) is 5.28. The Balaban J connectivity index is 1.72. The Morgan fingerprint density at radius 1 is 0.957 bits per heavy atom. The second-order valence-corrected chi connectivity index (χ2v) is 6.84. The summed E-state index contributed by atoms with van der Waals surface area (Å²) >= 11 is 2.41. The Morgan fingerprint density at radius 2 is 1.65 bits per heavy atom. The summed E-state index contributed by atoms with van der Waals surface area (Å²) in [5, 5.41) is 0. The Hall–Kier alpha value is -1.75. The lowest BCUT2D eigenvalue weighted by Gasteiger charge is -2.23. The highest BCUT2D eigenvalue weighted by Crippen LogP contribution is 2.42. The molecule has 23 heavy (non-hydrogen) atoms. The summed E-state index contributed by atoms with van der Waals surface area (Å²) in [7, 11) is 0. The lowest BCUT2D eigenvalue weighted by molar-refractivity contribution is 0.178. The number of halogens is 1. The molecule has 0 saturated carbocycles. The van der Waals surface area contributed by atoms with Gasteiger partial charge in [0.1, 0.15) is 23.4 Å². The predicted octanol–water partition coefficient (Wildman–Crippen LogP) is 6.01. The number of hydrogen-bond acceptors (Lipinski definition) is 2. The van der Waals surface area contributed by atoms with Crippen LogP contribution in [-0.4, -0.2) is 0 Å². The van der Waals surface area contributed by atoms with Crippen molar-refractivity contribution in [2.75, 3.05) is 0 Å². The molecule has 1 atom stereocenters. The van der Waals surface area contributed by atoms with Gasteiger partial charge in [0.2, 0.25) is 0 Å². The molecule has 0 amide bonds. The molecule has 2 aromatic carbocycles. The molecule has 0 bridgehead atoms. The van der Waals surface area contributed by atoms with E-state index in [1.165, 1.54) is 9.13 Å². The van der Waals surface area contributed by atoms with E-state index in [-0.39, 0.29) is 6.10 Å². The second kappa shape index (κ2) is 6.40. The van der Waals surface area contributed by atoms with Crippen LogP contribution in [0.15, 0.2) is 65.1 Å². The van der Waals surface area contributed by atoms with Gasteiger partial charge in [0, 0.05) is 17.5 Å². The van der Waals surface area contributed by atoms with E-state index < -0.39 is 0 Å². The van der Waals surface area contributed by atoms with Crippen LogP contribution in [0.25, 0.3) is 11.3 Å². The molecule has 1 unspecified atom stereocenters. The van der Waals surface area contributed by atoms with Crippen LogP contribution in [0.5, 0.6) is 5.75 Å². The molecule has 2 nitrogen and oxygen atoms in total. The van der Waals surface area contributed by atoms with Gasteiger partial charge in [-0.15, -0.1) is 0 Å². The van der Waals surface area contributed by atoms with Gasteiger partial charge in [-0.3, -0.25) is 0 Å². The zero-order valence-electron chi connectivity index (χ0n) is 12.7. The standard InChI is InChI=1S/C20H17IO2/c21-19-18-16(22-15-10-5-2-6-11-15)12-7-13-17(18)23-20(19)14-8-3-1-4-9-14/h1-6,8-11,16H,7,12-13H2. The first-order chi connectivity index (χ1) is 11.3. The number of ether oxygens (including phenoxy) is 1. The van der Waals surface area contributed by atoms with Crippen LogP contribution >= 0.6 is 22.6 Å². The van der Waals surface area contributed by atoms with Crippen LogP contribution < -0.4 is 4.74 Å². The fourth-order valence-corrected chi connectivity index (χ4v) is 4.19. The van der Waals surface area contributed by atoms with Crippen molar-refractivity contribution in [2.45, 2.75) is 25.4 Å². The SMILES string of the molecule is Ic1c(-c2ccccc2)oc2c1C(Oc1ccccc1)CCC2. The van der Waals surface area contributed by atoms with Crippen LogP contribution in [0, 0.1) is 3.57 Å². The van der Waals surface area contributed by atoms with E-state index in [0.29, 0.717) is 0 Å². The van der Waals surface area contributed by atoms with Crippen molar-refractivity contribution in [1.82, 2.24) is 0 Å². The number of benzene rings is 2. The predicted molar refractivity (Wildman–Crippen MR) is 99.6 cm³/mol. The Labute approximate surface area is 149 Å². The van der Waals surface area contributed by atoms with Crippen molar-refractivity contribution in [1.29, 1.82) is 0 Å². The van der Waals surface area contributed by atoms with Crippen LogP contribution in [0.4, 0.5) is 0 Å². The van der Waals surface area contributed by atoms with Crippen molar-refractivity contribution in [3.05, 3.63) is 75.6 Å². The minimum atomic E-state index is 0.0780. The van der Waals surface area contributed by atoms with Gasteiger partial charge >= 0.3 is 0 Å². The molecule has 3 heteroatoms. The van der Waals surface area contributed by atoms with Crippen molar-refractivity contribution in [3.63, 3.8) is 0 Å². The van der Waals surface area contributed by atoms with E-state index in [0.717, 1.165) is 42.1 Å². The van der Waals surface area contributed by atoms with E-state index in [2.05, 4.69) is 34.7 Å². The molecule has 0 saturated heterocycles. The van der Waals surface area contributed by atoms with Crippen molar-refractivity contribution in [2.24, 2.45) is 0 Å². The lowest BCUT2D eigenvalue weighted by atomic mass is 9.95. The van der Waals surface area contributed by atoms with E-state index in [1.807, 2.05) is 48.5 Å². The summed E-state index contributed by atoms with van der Waals surface area (Å²) in [4.78, 5) is 0. The number of furan rings is 1. The lowest BCUT2D eigenvalue weighted by Crippen LogP contribution is -2.14. The zero-order chi connectivity index (χ0) is 15.6. The molecular formula is C20H17IO2. The largest absolute Gasteiger partial charge is 0.486 e. The normalized spacial score (nSPS) is 16.8. The molecule has 4 rings (SSSR count). The molecular weight excluding hydrogens is 399 g/mol. The fraction of sp³-hybridized carbons (Fsp3) is 0.200. The van der Waals surface area contributed by atoms with Gasteiger partial charge in [-0.05, 0) is 47.6 Å². The number of para-hydroxylation sites is 1. The van der Waals surface area contributed by atoms with E-state index in [9.17, 15) is 0 Å². The maximum atomic E-state index is 6.25. The number of aryl methyl sites for hydroxylation is 1. The Bertz CT molecular complexity index is 793. The third kappa shape index (κ3) is 2.90. The fourth-order valence-electron chi connectivity index (χ4n) is 3.12. The van der Waals surface area contributed by atoms with Crippen molar-refractivity contribution in [3.8, 4) is 17.1 Å². The van der Waals surface area contributed by atoms with E-state index in [1.54, 1.807) is 0 Å². The summed E-state index contributed by atoms with van der Waals surface area (Å²) in [5.74, 6) is 2.98. The van der Waals surface area contributed by atoms with E-state index in [4.69, 9.17) is 9.15 Å². The molecule has 1 aliphatic rings. The van der Waals surface area contributed by atoms with Crippen molar-refractivity contribution < 1.29 is 9.15 Å². The maximum absolute atomic E-state index is 6.25. The molecule has 1 aliphatic carbocycles. The van der Waals surface area contributed by atoms with Crippen molar-refractivity contribution >= 4 is 22.6 Å². The molecule has 0 radical (unpaired) electrons. The summed E-state index contributed by atoms with van der Waals surface area (Å²) in [6.45, 7) is 0. The maximum Gasteiger partial charge on any atom is 0.148 e. The number of fused-ring (bicyclic) bond motifs is 1. The average molecular weight is 416 g/mol. The topological polar surface area (TPSA) is 22.4 Å². The van der Waals surface area contributed by atoms with Gasteiger partial charge in [-0.1, -0.05) is 48.5 Å². The quantitative estimate of drug-likeness (QED) is 0.488. The van der Waals surface area contributed by atoms with Crippen LogP contribution in [-0.2, 0) is 6.42 Å². The first-order valence-corrected chi connectivity index (χ1v) is 8.99. The van der Waals surface area contributed by atoms with Gasteiger partial charge in [-0.2, -0.15) is 0 Å². The van der Waals surface area contributed by atoms with Crippen LogP contribution in [0.1, 0.15) is 30.3 Å². The smallest absolute Gasteiger partial charge is 0.148 e. The Kier molecular flexibility index (Phi) is 4.12. The summed E-state index contributed by atoms with van der Waals surface area (Å²) < 4.78 is 13.6. The number of hydrogen-bond donors (Lipinski definition) is 0. The minimum absolute atomic E-state index is 0.0780. The highest BCUT2D eigenvalue weighted by Gasteiger charge is 2.30. The molecule has 1 heterocycles. The minimum Gasteiger partial charge on any atom is -0.486 e. The third-order valence-electron chi connectivity index (χ3n) is 4.21. The summed E-state index contributed by atoms with van der Waals surface area (Å²) in [6, 6.07) is 20.4. The zero-order valence-corrected chi connectivity index (χ0v) is 14.8. The first kappa shape index (κ1) is 14.8. The van der Waals surface area contributed by atoms with Crippen LogP contribution in [0.3, 0.4) is 0 Å². The van der Waals surface area contributed by atoms with Gasteiger partial charge in [-0.25, -0.2) is 0 Å². The van der Waals surface area contributed by atoms with Gasteiger partial charge in [0.05, 0.1) is 3.57 Å². The van der Waals surface area contributed by atoms with E-state index >= 15 is 0 Å². The molecule has 0 N–H and O–H groups in total. The molecule has 3 aromatic rings. The highest BCUT2D eigenvalue weighted by atomic mass is 127. The molecule has 116 valence electrons. The molecule has 0 fully saturated rings. The Morgan fingerprint density at radius 3 is 2.39 bits per heavy atom. The van der Waals surface area contributed by atoms with Gasteiger partial charge in [0.25, 0.3) is 0 Å². The highest BCUT2D eigenvalue weighted by molar-refractivity contribution is 14.1. The van der Waals surface area contributed by atoms with Gasteiger partial charge < -0.3 is 9.15 Å². The summed E-state index contributed by atoms with van der Waals surface area (Å²) in [6.07, 6.45) is 3.20. The second-order valence-electron chi connectivity index (χ2n) is 5.76. The first-order valence-electron chi connectivity index (χ1n) is 7.91. The molecule has 0 spiro atoms. The van der Waals surface area contributed by atoms with Gasteiger partial charge in [0.15, 0.2) is 0 Å². The van der Waals surface area contributed by atoms with Crippen LogP contribution in [0.2, 0.25) is 0 Å². The monoisotopic (exact) mass is 416 g/mol. The molecule has 0 aliphatic heterocycles. The molecule has 1 aromatic heterocycles.